The number of amides is 1. The second kappa shape index (κ2) is 8.33. The first kappa shape index (κ1) is 17.0. The predicted octanol–water partition coefficient (Wildman–Crippen LogP) is 4.07. The van der Waals surface area contributed by atoms with E-state index in [1.165, 1.54) is 18.4 Å². The van der Waals surface area contributed by atoms with Crippen LogP contribution in [0, 0.1) is 5.92 Å². The molecule has 0 spiro atoms. The average molecular weight is 302 g/mol. The van der Waals surface area contributed by atoms with E-state index in [0.29, 0.717) is 12.3 Å². The number of anilines is 1. The van der Waals surface area contributed by atoms with Crippen molar-refractivity contribution in [3.63, 3.8) is 0 Å². The highest BCUT2D eigenvalue weighted by atomic mass is 16.2. The summed E-state index contributed by atoms with van der Waals surface area (Å²) in [6.45, 7) is 10.8. The first-order chi connectivity index (χ1) is 10.7. The molecular formula is C19H30N2O. The van der Waals surface area contributed by atoms with Crippen LogP contribution in [-0.4, -0.2) is 30.4 Å². The largest absolute Gasteiger partial charge is 0.312 e. The summed E-state index contributed by atoms with van der Waals surface area (Å²) < 4.78 is 0. The van der Waals surface area contributed by atoms with Crippen molar-refractivity contribution in [1.82, 2.24) is 4.90 Å². The zero-order chi connectivity index (χ0) is 15.9. The number of carbonyl (C=O) groups excluding carboxylic acids is 1. The molecule has 1 aromatic rings. The Bertz CT molecular complexity index is 469. The molecule has 1 fully saturated rings. The van der Waals surface area contributed by atoms with Gasteiger partial charge in [-0.3, -0.25) is 9.69 Å². The van der Waals surface area contributed by atoms with Gasteiger partial charge >= 0.3 is 0 Å². The predicted molar refractivity (Wildman–Crippen MR) is 93.1 cm³/mol. The van der Waals surface area contributed by atoms with Crippen LogP contribution in [0.5, 0.6) is 0 Å². The average Bonchev–Trinajstić information content (AvgIpc) is 2.93. The highest BCUT2D eigenvalue weighted by Gasteiger charge is 2.29. The molecule has 1 aromatic carbocycles. The zero-order valence-corrected chi connectivity index (χ0v) is 14.3. The minimum Gasteiger partial charge on any atom is -0.312 e. The number of hydrogen-bond donors (Lipinski definition) is 0. The first-order valence-electron chi connectivity index (χ1n) is 8.79. The summed E-state index contributed by atoms with van der Waals surface area (Å²) in [6, 6.07) is 8.57. The topological polar surface area (TPSA) is 23.6 Å². The summed E-state index contributed by atoms with van der Waals surface area (Å²) in [5, 5.41) is 0. The van der Waals surface area contributed by atoms with Crippen LogP contribution < -0.4 is 4.90 Å². The van der Waals surface area contributed by atoms with Crippen molar-refractivity contribution in [2.45, 2.75) is 53.0 Å². The van der Waals surface area contributed by atoms with Crippen molar-refractivity contribution in [2.24, 2.45) is 5.92 Å². The maximum absolute atomic E-state index is 12.1. The molecule has 1 aliphatic heterocycles. The van der Waals surface area contributed by atoms with Crippen molar-refractivity contribution < 1.29 is 4.79 Å². The Hall–Kier alpha value is -1.35. The molecule has 3 nitrogen and oxygen atoms in total. The molecule has 1 unspecified atom stereocenters. The summed E-state index contributed by atoms with van der Waals surface area (Å²) in [5.41, 5.74) is 2.39. The molecule has 0 N–H and O–H groups in total. The molecule has 22 heavy (non-hydrogen) atoms. The molecule has 1 atom stereocenters. The van der Waals surface area contributed by atoms with Crippen molar-refractivity contribution in [1.29, 1.82) is 0 Å². The Balaban J connectivity index is 1.96. The summed E-state index contributed by atoms with van der Waals surface area (Å²) in [5.74, 6) is 0.800. The SMILES string of the molecule is CCCCN(CC)Cc1ccc(N2CC(CC)CC2=O)cc1. The minimum atomic E-state index is 0.276. The van der Waals surface area contributed by atoms with Crippen LogP contribution in [0.2, 0.25) is 0 Å². The van der Waals surface area contributed by atoms with Crippen LogP contribution in [-0.2, 0) is 11.3 Å². The molecule has 1 heterocycles. The lowest BCUT2D eigenvalue weighted by Crippen LogP contribution is -2.25. The second-order valence-electron chi connectivity index (χ2n) is 6.37. The maximum Gasteiger partial charge on any atom is 0.227 e. The Labute approximate surface area is 135 Å². The van der Waals surface area contributed by atoms with E-state index in [0.717, 1.165) is 38.3 Å². The molecule has 0 radical (unpaired) electrons. The summed E-state index contributed by atoms with van der Waals surface area (Å²) in [4.78, 5) is 16.5. The van der Waals surface area contributed by atoms with Crippen LogP contribution >= 0.6 is 0 Å². The van der Waals surface area contributed by atoms with E-state index in [4.69, 9.17) is 0 Å². The molecule has 1 saturated heterocycles. The normalized spacial score (nSPS) is 18.5. The van der Waals surface area contributed by atoms with Crippen molar-refractivity contribution in [2.75, 3.05) is 24.5 Å². The van der Waals surface area contributed by atoms with Crippen molar-refractivity contribution in [3.8, 4) is 0 Å². The lowest BCUT2D eigenvalue weighted by molar-refractivity contribution is -0.117. The smallest absolute Gasteiger partial charge is 0.227 e. The number of rotatable bonds is 8. The van der Waals surface area contributed by atoms with Gasteiger partial charge in [0.1, 0.15) is 0 Å². The Kier molecular flexibility index (Phi) is 6.44. The van der Waals surface area contributed by atoms with Gasteiger partial charge in [0.25, 0.3) is 0 Å². The van der Waals surface area contributed by atoms with E-state index in [-0.39, 0.29) is 5.91 Å². The standard InChI is InChI=1S/C19H30N2O/c1-4-7-12-20(6-3)14-17-8-10-18(11-9-17)21-15-16(5-2)13-19(21)22/h8-11,16H,4-7,12-15H2,1-3H3. The molecule has 0 bridgehead atoms. The first-order valence-corrected chi connectivity index (χ1v) is 8.79. The molecule has 3 heteroatoms. The van der Waals surface area contributed by atoms with E-state index in [1.807, 2.05) is 4.90 Å². The maximum atomic E-state index is 12.1. The fourth-order valence-corrected chi connectivity index (χ4v) is 3.07. The van der Waals surface area contributed by atoms with Crippen LogP contribution in [0.1, 0.15) is 52.0 Å². The molecule has 0 aromatic heterocycles. The molecular weight excluding hydrogens is 272 g/mol. The fourth-order valence-electron chi connectivity index (χ4n) is 3.07. The number of nitrogens with zero attached hydrogens (tertiary/aromatic N) is 2. The minimum absolute atomic E-state index is 0.276. The van der Waals surface area contributed by atoms with Crippen molar-refractivity contribution in [3.05, 3.63) is 29.8 Å². The second-order valence-corrected chi connectivity index (χ2v) is 6.37. The summed E-state index contributed by atoms with van der Waals surface area (Å²) >= 11 is 0. The Morgan fingerprint density at radius 3 is 2.45 bits per heavy atom. The van der Waals surface area contributed by atoms with Gasteiger partial charge in [0, 0.05) is 25.2 Å². The van der Waals surface area contributed by atoms with E-state index in [1.54, 1.807) is 0 Å². The third kappa shape index (κ3) is 4.33. The monoisotopic (exact) mass is 302 g/mol. The van der Waals surface area contributed by atoms with Crippen LogP contribution in [0.25, 0.3) is 0 Å². The molecule has 122 valence electrons. The zero-order valence-electron chi connectivity index (χ0n) is 14.3. The third-order valence-electron chi connectivity index (χ3n) is 4.71. The molecule has 0 aliphatic carbocycles. The third-order valence-corrected chi connectivity index (χ3v) is 4.71. The van der Waals surface area contributed by atoms with Gasteiger partial charge in [-0.1, -0.05) is 45.7 Å². The van der Waals surface area contributed by atoms with Gasteiger partial charge in [0.15, 0.2) is 0 Å². The lowest BCUT2D eigenvalue weighted by Gasteiger charge is -2.21. The summed E-state index contributed by atoms with van der Waals surface area (Å²) in [6.07, 6.45) is 4.29. The van der Waals surface area contributed by atoms with Gasteiger partial charge in [-0.2, -0.15) is 0 Å². The molecule has 1 amide bonds. The van der Waals surface area contributed by atoms with E-state index in [2.05, 4.69) is 49.9 Å². The molecule has 0 saturated carbocycles. The lowest BCUT2D eigenvalue weighted by atomic mass is 10.1. The Morgan fingerprint density at radius 2 is 1.91 bits per heavy atom. The van der Waals surface area contributed by atoms with Gasteiger partial charge in [0.2, 0.25) is 5.91 Å². The highest BCUT2D eigenvalue weighted by molar-refractivity contribution is 5.95. The van der Waals surface area contributed by atoms with E-state index >= 15 is 0 Å². The molecule has 1 aliphatic rings. The van der Waals surface area contributed by atoms with Gasteiger partial charge in [-0.25, -0.2) is 0 Å². The van der Waals surface area contributed by atoms with Gasteiger partial charge < -0.3 is 4.90 Å². The molecule has 2 rings (SSSR count). The van der Waals surface area contributed by atoms with Crippen LogP contribution in [0.15, 0.2) is 24.3 Å². The highest BCUT2D eigenvalue weighted by Crippen LogP contribution is 2.27. The van der Waals surface area contributed by atoms with Crippen molar-refractivity contribution >= 4 is 11.6 Å². The van der Waals surface area contributed by atoms with Gasteiger partial charge in [0.05, 0.1) is 0 Å². The van der Waals surface area contributed by atoms with E-state index < -0.39 is 0 Å². The quantitative estimate of drug-likeness (QED) is 0.722. The number of unbranched alkanes of at least 4 members (excludes halogenated alkanes) is 1. The van der Waals surface area contributed by atoms with Crippen LogP contribution in [0.4, 0.5) is 5.69 Å². The fraction of sp³-hybridized carbons (Fsp3) is 0.632. The number of benzene rings is 1. The Morgan fingerprint density at radius 1 is 1.18 bits per heavy atom. The number of carbonyl (C=O) groups is 1. The number of hydrogen-bond acceptors (Lipinski definition) is 2. The van der Waals surface area contributed by atoms with E-state index in [9.17, 15) is 4.79 Å². The van der Waals surface area contributed by atoms with Crippen LogP contribution in [0.3, 0.4) is 0 Å². The van der Waals surface area contributed by atoms with Gasteiger partial charge in [-0.15, -0.1) is 0 Å². The summed E-state index contributed by atoms with van der Waals surface area (Å²) in [7, 11) is 0. The van der Waals surface area contributed by atoms with Gasteiger partial charge in [-0.05, 0) is 43.1 Å².